The molecule has 2 N–H and O–H groups in total. The number of hydrogen-bond acceptors (Lipinski definition) is 5. The Morgan fingerprint density at radius 2 is 2.28 bits per heavy atom. The van der Waals surface area contributed by atoms with Crippen LogP contribution in [0.15, 0.2) is 23.2 Å². The fourth-order valence-electron chi connectivity index (χ4n) is 1.29. The van der Waals surface area contributed by atoms with Crippen molar-refractivity contribution in [1.82, 2.24) is 9.29 Å². The van der Waals surface area contributed by atoms with E-state index in [1.54, 1.807) is 17.8 Å². The molecule has 5 nitrogen and oxygen atoms in total. The van der Waals surface area contributed by atoms with E-state index in [4.69, 9.17) is 18.0 Å². The molecule has 0 spiro atoms. The summed E-state index contributed by atoms with van der Waals surface area (Å²) in [6, 6.07) is 3.02. The van der Waals surface area contributed by atoms with Gasteiger partial charge in [-0.2, -0.15) is 11.8 Å². The summed E-state index contributed by atoms with van der Waals surface area (Å²) in [5, 5.41) is 0. The molecule has 1 heterocycles. The second-order valence-electron chi connectivity index (χ2n) is 3.53. The Kier molecular flexibility index (Phi) is 5.51. The molecule has 0 unspecified atom stereocenters. The first-order valence-electron chi connectivity index (χ1n) is 5.11. The molecular weight excluding hydrogens is 290 g/mol. The molecule has 0 aliphatic carbocycles. The number of pyridine rings is 1. The van der Waals surface area contributed by atoms with Crippen molar-refractivity contribution in [2.24, 2.45) is 5.73 Å². The van der Waals surface area contributed by atoms with Gasteiger partial charge in [-0.3, -0.25) is 4.98 Å². The van der Waals surface area contributed by atoms with Gasteiger partial charge >= 0.3 is 0 Å². The van der Waals surface area contributed by atoms with Crippen LogP contribution in [-0.4, -0.2) is 48.3 Å². The summed E-state index contributed by atoms with van der Waals surface area (Å²) in [7, 11) is -2.07. The second kappa shape index (κ2) is 6.46. The minimum atomic E-state index is -3.60. The van der Waals surface area contributed by atoms with Gasteiger partial charge in [-0.05, 0) is 18.4 Å². The van der Waals surface area contributed by atoms with Crippen molar-refractivity contribution in [3.05, 3.63) is 24.0 Å². The predicted octanol–water partition coefficient (Wildman–Crippen LogP) is 0.699. The van der Waals surface area contributed by atoms with Crippen molar-refractivity contribution in [2.45, 2.75) is 4.90 Å². The molecule has 0 saturated carbocycles. The van der Waals surface area contributed by atoms with Crippen LogP contribution in [-0.2, 0) is 10.0 Å². The third-order valence-electron chi connectivity index (χ3n) is 2.30. The van der Waals surface area contributed by atoms with E-state index in [9.17, 15) is 8.42 Å². The van der Waals surface area contributed by atoms with Crippen LogP contribution in [0.25, 0.3) is 0 Å². The Balaban J connectivity index is 3.16. The fourth-order valence-corrected chi connectivity index (χ4v) is 3.42. The van der Waals surface area contributed by atoms with E-state index in [0.29, 0.717) is 6.54 Å². The first-order valence-corrected chi connectivity index (χ1v) is 8.35. The molecule has 0 aromatic carbocycles. The number of rotatable bonds is 6. The number of nitrogens with two attached hydrogens (primary N) is 1. The molecule has 0 aliphatic heterocycles. The lowest BCUT2D eigenvalue weighted by Crippen LogP contribution is -2.31. The molecule has 0 saturated heterocycles. The zero-order chi connectivity index (χ0) is 13.8. The third kappa shape index (κ3) is 3.41. The molecule has 0 bridgehead atoms. The number of sulfonamides is 1. The Morgan fingerprint density at radius 1 is 1.61 bits per heavy atom. The van der Waals surface area contributed by atoms with Crippen LogP contribution in [0.1, 0.15) is 5.69 Å². The van der Waals surface area contributed by atoms with Crippen molar-refractivity contribution in [2.75, 3.05) is 25.6 Å². The number of aromatic nitrogens is 1. The minimum absolute atomic E-state index is 0.0209. The molecular formula is C10H15N3O2S3. The highest BCUT2D eigenvalue weighted by atomic mass is 32.2. The zero-order valence-electron chi connectivity index (χ0n) is 10.2. The van der Waals surface area contributed by atoms with Crippen molar-refractivity contribution in [1.29, 1.82) is 0 Å². The molecule has 1 aromatic rings. The van der Waals surface area contributed by atoms with E-state index in [0.717, 1.165) is 5.75 Å². The smallest absolute Gasteiger partial charge is 0.245 e. The van der Waals surface area contributed by atoms with Crippen LogP contribution in [0.3, 0.4) is 0 Å². The van der Waals surface area contributed by atoms with Crippen molar-refractivity contribution < 1.29 is 8.42 Å². The standard InChI is InChI=1S/C10H15N3O2S3/c1-13(6-7-17-2)18(14,15)8-4-3-5-12-9(8)10(11)16/h3-5H,6-7H2,1-2H3,(H2,11,16). The van der Waals surface area contributed by atoms with Gasteiger partial charge in [0.25, 0.3) is 0 Å². The molecule has 0 fully saturated rings. The molecule has 0 radical (unpaired) electrons. The van der Waals surface area contributed by atoms with Crippen LogP contribution in [0.2, 0.25) is 0 Å². The topological polar surface area (TPSA) is 76.3 Å². The highest BCUT2D eigenvalue weighted by Gasteiger charge is 2.25. The summed E-state index contributed by atoms with van der Waals surface area (Å²) in [5.41, 5.74) is 5.64. The van der Waals surface area contributed by atoms with E-state index in [2.05, 4.69) is 4.98 Å². The molecule has 1 rings (SSSR count). The maximum atomic E-state index is 12.3. The molecule has 100 valence electrons. The Morgan fingerprint density at radius 3 is 2.83 bits per heavy atom. The van der Waals surface area contributed by atoms with Gasteiger partial charge in [0.05, 0.1) is 0 Å². The minimum Gasteiger partial charge on any atom is -0.388 e. The SMILES string of the molecule is CSCCN(C)S(=O)(=O)c1cccnc1C(N)=S. The van der Waals surface area contributed by atoms with Crippen molar-refractivity contribution in [3.63, 3.8) is 0 Å². The Labute approximate surface area is 117 Å². The third-order valence-corrected chi connectivity index (χ3v) is 4.98. The number of hydrogen-bond donors (Lipinski definition) is 1. The molecule has 1 aromatic heterocycles. The van der Waals surface area contributed by atoms with E-state index in [1.807, 2.05) is 6.26 Å². The maximum Gasteiger partial charge on any atom is 0.245 e. The van der Waals surface area contributed by atoms with Crippen molar-refractivity contribution in [3.8, 4) is 0 Å². The summed E-state index contributed by atoms with van der Waals surface area (Å²) in [6.07, 6.45) is 3.39. The summed E-state index contributed by atoms with van der Waals surface area (Å²) >= 11 is 6.40. The van der Waals surface area contributed by atoms with Crippen LogP contribution < -0.4 is 5.73 Å². The van der Waals surface area contributed by atoms with E-state index >= 15 is 0 Å². The van der Waals surface area contributed by atoms with Gasteiger partial charge in [0.2, 0.25) is 10.0 Å². The Bertz CT molecular complexity index is 531. The monoisotopic (exact) mass is 305 g/mol. The summed E-state index contributed by atoms with van der Waals surface area (Å²) in [6.45, 7) is 0.426. The van der Waals surface area contributed by atoms with Gasteiger partial charge in [-0.1, -0.05) is 12.2 Å². The number of nitrogens with zero attached hydrogens (tertiary/aromatic N) is 2. The average molecular weight is 305 g/mol. The van der Waals surface area contributed by atoms with Gasteiger partial charge in [0, 0.05) is 25.5 Å². The largest absolute Gasteiger partial charge is 0.388 e. The lowest BCUT2D eigenvalue weighted by molar-refractivity contribution is 0.488. The normalized spacial score (nSPS) is 11.7. The zero-order valence-corrected chi connectivity index (χ0v) is 12.6. The Hall–Kier alpha value is -0.700. The first kappa shape index (κ1) is 15.4. The van der Waals surface area contributed by atoms with Gasteiger partial charge in [-0.25, -0.2) is 12.7 Å². The molecule has 0 aliphatic rings. The summed E-state index contributed by atoms with van der Waals surface area (Å²) in [5.74, 6) is 0.721. The second-order valence-corrected chi connectivity index (χ2v) is 6.97. The number of thiocarbonyl (C=S) groups is 1. The number of thioether (sulfide) groups is 1. The van der Waals surface area contributed by atoms with Gasteiger partial charge in [-0.15, -0.1) is 0 Å². The van der Waals surface area contributed by atoms with Crippen LogP contribution in [0, 0.1) is 0 Å². The van der Waals surface area contributed by atoms with Gasteiger partial charge in [0.1, 0.15) is 15.6 Å². The maximum absolute atomic E-state index is 12.3. The van der Waals surface area contributed by atoms with Gasteiger partial charge in [0.15, 0.2) is 0 Å². The highest BCUT2D eigenvalue weighted by molar-refractivity contribution is 7.98. The summed E-state index contributed by atoms with van der Waals surface area (Å²) < 4.78 is 25.9. The van der Waals surface area contributed by atoms with Crippen molar-refractivity contribution >= 4 is 39.0 Å². The van der Waals surface area contributed by atoms with E-state index < -0.39 is 10.0 Å². The van der Waals surface area contributed by atoms with Crippen LogP contribution >= 0.6 is 24.0 Å². The first-order chi connectivity index (χ1) is 8.41. The lowest BCUT2D eigenvalue weighted by Gasteiger charge is -2.17. The quantitative estimate of drug-likeness (QED) is 0.780. The van der Waals surface area contributed by atoms with E-state index in [-0.39, 0.29) is 15.6 Å². The van der Waals surface area contributed by atoms with Crippen LogP contribution in [0.4, 0.5) is 0 Å². The molecule has 0 amide bonds. The van der Waals surface area contributed by atoms with E-state index in [1.165, 1.54) is 23.6 Å². The highest BCUT2D eigenvalue weighted by Crippen LogP contribution is 2.17. The fraction of sp³-hybridized carbons (Fsp3) is 0.400. The predicted molar refractivity (Wildman–Crippen MR) is 78.3 cm³/mol. The average Bonchev–Trinajstić information content (AvgIpc) is 2.35. The summed E-state index contributed by atoms with van der Waals surface area (Å²) in [4.78, 5) is 3.97. The molecule has 0 atom stereocenters. The molecule has 18 heavy (non-hydrogen) atoms. The van der Waals surface area contributed by atoms with Gasteiger partial charge < -0.3 is 5.73 Å². The molecule has 8 heteroatoms. The lowest BCUT2D eigenvalue weighted by atomic mass is 10.3. The van der Waals surface area contributed by atoms with Crippen LogP contribution in [0.5, 0.6) is 0 Å².